The summed E-state index contributed by atoms with van der Waals surface area (Å²) < 4.78 is 1.88. The van der Waals surface area contributed by atoms with E-state index in [1.807, 2.05) is 4.71 Å². The molecule has 0 unspecified atom stereocenters. The normalized spacial score (nSPS) is 10.0. The summed E-state index contributed by atoms with van der Waals surface area (Å²) in [5.74, 6) is -1.32. The van der Waals surface area contributed by atoms with Gasteiger partial charge in [0.1, 0.15) is 6.04 Å². The fourth-order valence-electron chi connectivity index (χ4n) is 0.431. The average Bonchev–Trinajstić information content (AvgIpc) is 2.00. The SMILES string of the molecule is CC(=O)N[C@@H](CS)C(=O)O.N=C=[Se]. The third-order valence-corrected chi connectivity index (χ3v) is 1.22. The minimum absolute atomic E-state index is 0.106. The number of nitrogens with one attached hydrogen (secondary N) is 2. The summed E-state index contributed by atoms with van der Waals surface area (Å²) in [6, 6.07) is -0.874. The third-order valence-electron chi connectivity index (χ3n) is 0.858. The van der Waals surface area contributed by atoms with Gasteiger partial charge in [0.05, 0.1) is 0 Å². The van der Waals surface area contributed by atoms with E-state index >= 15 is 0 Å². The van der Waals surface area contributed by atoms with E-state index in [9.17, 15) is 9.59 Å². The van der Waals surface area contributed by atoms with Gasteiger partial charge in [-0.3, -0.25) is 4.79 Å². The Kier molecular flexibility index (Phi) is 10.9. The molecule has 0 saturated carbocycles. The van der Waals surface area contributed by atoms with Gasteiger partial charge >= 0.3 is 31.7 Å². The van der Waals surface area contributed by atoms with E-state index in [0.717, 1.165) is 0 Å². The predicted octanol–water partition coefficient (Wildman–Crippen LogP) is -0.856. The second-order valence-corrected chi connectivity index (χ2v) is 2.67. The van der Waals surface area contributed by atoms with Crippen molar-refractivity contribution in [2.24, 2.45) is 0 Å². The molecule has 0 aromatic rings. The molecule has 5 nitrogen and oxygen atoms in total. The molecule has 0 saturated heterocycles. The molecule has 1 amide bonds. The number of aliphatic carboxylic acids is 1. The Morgan fingerprint density at radius 1 is 1.77 bits per heavy atom. The van der Waals surface area contributed by atoms with Gasteiger partial charge in [-0.1, -0.05) is 0 Å². The van der Waals surface area contributed by atoms with Gasteiger partial charge in [0.25, 0.3) is 0 Å². The first kappa shape index (κ1) is 14.9. The Hall–Kier alpha value is -0.611. The van der Waals surface area contributed by atoms with E-state index in [-0.39, 0.29) is 11.7 Å². The summed E-state index contributed by atoms with van der Waals surface area (Å²) in [4.78, 5) is 20.5. The van der Waals surface area contributed by atoms with Crippen LogP contribution in [0.15, 0.2) is 0 Å². The summed E-state index contributed by atoms with van der Waals surface area (Å²) in [6.45, 7) is 1.26. The van der Waals surface area contributed by atoms with Crippen LogP contribution in [0.5, 0.6) is 0 Å². The average molecular weight is 269 g/mol. The number of rotatable bonds is 3. The Morgan fingerprint density at radius 2 is 2.15 bits per heavy atom. The van der Waals surface area contributed by atoms with Crippen LogP contribution in [0.4, 0.5) is 0 Å². The monoisotopic (exact) mass is 270 g/mol. The van der Waals surface area contributed by atoms with Crippen molar-refractivity contribution >= 4 is 44.8 Å². The van der Waals surface area contributed by atoms with E-state index in [2.05, 4.69) is 33.5 Å². The van der Waals surface area contributed by atoms with Crippen LogP contribution in [0, 0.1) is 5.41 Å². The quantitative estimate of drug-likeness (QED) is 0.305. The number of hydrogen-bond acceptors (Lipinski definition) is 4. The van der Waals surface area contributed by atoms with Crippen LogP contribution >= 0.6 is 12.6 Å². The molecule has 7 heteroatoms. The van der Waals surface area contributed by atoms with Crippen molar-refractivity contribution in [2.75, 3.05) is 5.75 Å². The van der Waals surface area contributed by atoms with Gasteiger partial charge in [-0.15, -0.1) is 0 Å². The number of carboxylic acids is 1. The topological polar surface area (TPSA) is 90.2 Å². The molecule has 0 aliphatic carbocycles. The zero-order chi connectivity index (χ0) is 10.9. The van der Waals surface area contributed by atoms with Crippen molar-refractivity contribution in [3.63, 3.8) is 0 Å². The van der Waals surface area contributed by atoms with Crippen LogP contribution in [0.3, 0.4) is 0 Å². The maximum absolute atomic E-state index is 10.3. The van der Waals surface area contributed by atoms with Gasteiger partial charge in [0.2, 0.25) is 5.91 Å². The summed E-state index contributed by atoms with van der Waals surface area (Å²) in [7, 11) is 0. The number of amides is 1. The van der Waals surface area contributed by atoms with Crippen molar-refractivity contribution in [1.82, 2.24) is 5.32 Å². The van der Waals surface area contributed by atoms with Crippen LogP contribution in [-0.2, 0) is 9.59 Å². The summed E-state index contributed by atoms with van der Waals surface area (Å²) in [5.41, 5.74) is 0. The Labute approximate surface area is 89.2 Å². The van der Waals surface area contributed by atoms with E-state index in [1.165, 1.54) is 6.92 Å². The molecule has 1 atom stereocenters. The van der Waals surface area contributed by atoms with E-state index < -0.39 is 12.0 Å². The van der Waals surface area contributed by atoms with Gasteiger partial charge in [0, 0.05) is 12.7 Å². The second kappa shape index (κ2) is 9.48. The number of hydrogen-bond donors (Lipinski definition) is 4. The third kappa shape index (κ3) is 11.4. The summed E-state index contributed by atoms with van der Waals surface area (Å²) in [5, 5.41) is 16.5. The number of carbonyl (C=O) groups is 2. The number of carboxylic acid groups (broad SMARTS) is 1. The van der Waals surface area contributed by atoms with Crippen molar-refractivity contribution < 1.29 is 14.7 Å². The van der Waals surface area contributed by atoms with Gasteiger partial charge in [-0.25, -0.2) is 4.79 Å². The van der Waals surface area contributed by atoms with Crippen molar-refractivity contribution in [3.8, 4) is 0 Å². The first-order valence-electron chi connectivity index (χ1n) is 3.14. The van der Waals surface area contributed by atoms with Crippen molar-refractivity contribution in [3.05, 3.63) is 0 Å². The fraction of sp³-hybridized carbons (Fsp3) is 0.500. The van der Waals surface area contributed by atoms with E-state index in [4.69, 9.17) is 10.5 Å². The Bertz CT molecular complexity index is 216. The fourth-order valence-corrected chi connectivity index (χ4v) is 0.678. The van der Waals surface area contributed by atoms with Gasteiger partial charge in [0.15, 0.2) is 0 Å². The van der Waals surface area contributed by atoms with Crippen LogP contribution in [0.25, 0.3) is 0 Å². The van der Waals surface area contributed by atoms with Gasteiger partial charge < -0.3 is 10.4 Å². The van der Waals surface area contributed by atoms with Crippen molar-refractivity contribution in [2.45, 2.75) is 13.0 Å². The molecule has 0 aromatic carbocycles. The van der Waals surface area contributed by atoms with Gasteiger partial charge in [-0.2, -0.15) is 12.6 Å². The molecule has 0 fully saturated rings. The summed E-state index contributed by atoms with van der Waals surface area (Å²) in [6.07, 6.45) is 0. The molecular weight excluding hydrogens is 259 g/mol. The predicted molar refractivity (Wildman–Crippen MR) is 52.6 cm³/mol. The molecule has 0 heterocycles. The van der Waals surface area contributed by atoms with Crippen LogP contribution in [0.2, 0.25) is 0 Å². The first-order valence-corrected chi connectivity index (χ1v) is 4.63. The molecular formula is C6H10N2O3SSe. The molecule has 0 aliphatic heterocycles. The van der Waals surface area contributed by atoms with Crippen LogP contribution in [-0.4, -0.2) is 49.1 Å². The molecule has 0 radical (unpaired) electrons. The molecule has 0 bridgehead atoms. The molecule has 0 spiro atoms. The van der Waals surface area contributed by atoms with Gasteiger partial charge in [-0.05, 0) is 0 Å². The van der Waals surface area contributed by atoms with E-state index in [0.29, 0.717) is 0 Å². The first-order chi connectivity index (χ1) is 5.99. The number of thiol groups is 1. The molecule has 0 aliphatic rings. The summed E-state index contributed by atoms with van der Waals surface area (Å²) >= 11 is 5.96. The zero-order valence-electron chi connectivity index (χ0n) is 6.90. The second-order valence-electron chi connectivity index (χ2n) is 1.88. The standard InChI is InChI=1S/C5H9NO3S.CHNSe/c1-3(7)6-4(2-10)5(8)9;2-1-3/h4,10H,2H2,1H3,(H,6,7)(H,8,9);2H/t4-;/m0./s1. The van der Waals surface area contributed by atoms with Crippen LogP contribution < -0.4 is 5.32 Å². The Balaban J connectivity index is 0. The number of carbonyl (C=O) groups excluding carboxylic acids is 1. The molecule has 0 aromatic heterocycles. The Morgan fingerprint density at radius 3 is 2.23 bits per heavy atom. The molecule has 74 valence electrons. The van der Waals surface area contributed by atoms with Crippen molar-refractivity contribution in [1.29, 1.82) is 5.41 Å². The van der Waals surface area contributed by atoms with Crippen LogP contribution in [0.1, 0.15) is 6.92 Å². The molecule has 13 heavy (non-hydrogen) atoms. The van der Waals surface area contributed by atoms with E-state index in [1.54, 1.807) is 0 Å². The zero-order valence-corrected chi connectivity index (χ0v) is 9.51. The molecule has 0 rings (SSSR count). The molecule has 3 N–H and O–H groups in total. The maximum atomic E-state index is 10.3. The minimum atomic E-state index is -1.06.